The van der Waals surface area contributed by atoms with Gasteiger partial charge in [0, 0.05) is 25.3 Å². The van der Waals surface area contributed by atoms with E-state index in [1.54, 1.807) is 0 Å². The molecule has 0 saturated carbocycles. The number of ether oxygens (including phenoxy) is 1. The first-order valence-electron chi connectivity index (χ1n) is 8.92. The maximum Gasteiger partial charge on any atom is 0.160 e. The van der Waals surface area contributed by atoms with Crippen LogP contribution in [0, 0.1) is 0 Å². The van der Waals surface area contributed by atoms with E-state index in [-0.39, 0.29) is 0 Å². The van der Waals surface area contributed by atoms with E-state index in [9.17, 15) is 0 Å². The first-order valence-corrected chi connectivity index (χ1v) is 8.92. The van der Waals surface area contributed by atoms with Crippen LogP contribution < -0.4 is 0 Å². The van der Waals surface area contributed by atoms with Crippen LogP contribution in [0.15, 0.2) is 18.3 Å². The Bertz CT molecular complexity index is 662. The molecular formula is C18H26N4O. The van der Waals surface area contributed by atoms with Gasteiger partial charge in [0.05, 0.1) is 12.6 Å². The second-order valence-electron chi connectivity index (χ2n) is 7.02. The number of nitrogens with zero attached hydrogens (tertiary/aromatic N) is 4. The molecule has 2 aliphatic rings. The average Bonchev–Trinajstić information content (AvgIpc) is 2.95. The maximum atomic E-state index is 5.98. The van der Waals surface area contributed by atoms with E-state index >= 15 is 0 Å². The number of aromatic nitrogens is 3. The summed E-state index contributed by atoms with van der Waals surface area (Å²) in [5.74, 6) is 1.71. The summed E-state index contributed by atoms with van der Waals surface area (Å²) >= 11 is 0. The summed E-state index contributed by atoms with van der Waals surface area (Å²) < 4.78 is 8.32. The molecule has 2 atom stereocenters. The van der Waals surface area contributed by atoms with E-state index in [1.165, 1.54) is 38.1 Å². The van der Waals surface area contributed by atoms with Crippen molar-refractivity contribution in [3.05, 3.63) is 24.2 Å². The van der Waals surface area contributed by atoms with Gasteiger partial charge in [-0.15, -0.1) is 0 Å². The molecule has 23 heavy (non-hydrogen) atoms. The Balaban J connectivity index is 1.68. The van der Waals surface area contributed by atoms with Crippen LogP contribution in [0.4, 0.5) is 0 Å². The van der Waals surface area contributed by atoms with Gasteiger partial charge in [-0.3, -0.25) is 0 Å². The van der Waals surface area contributed by atoms with E-state index in [0.29, 0.717) is 12.0 Å². The molecule has 0 N–H and O–H groups in total. The highest BCUT2D eigenvalue weighted by molar-refractivity contribution is 5.71. The quantitative estimate of drug-likeness (QED) is 0.874. The Morgan fingerprint density at radius 3 is 3.04 bits per heavy atom. The molecule has 124 valence electrons. The molecule has 2 aromatic heterocycles. The fraction of sp³-hybridized carbons (Fsp3) is 0.667. The molecule has 5 nitrogen and oxygen atoms in total. The summed E-state index contributed by atoms with van der Waals surface area (Å²) in [5, 5.41) is 0. The van der Waals surface area contributed by atoms with E-state index < -0.39 is 0 Å². The number of likely N-dealkylation sites (N-methyl/N-ethyl adjacent to an activating group) is 1. The fourth-order valence-electron chi connectivity index (χ4n) is 4.00. The molecular weight excluding hydrogens is 288 g/mol. The lowest BCUT2D eigenvalue weighted by atomic mass is 9.97. The Morgan fingerprint density at radius 1 is 1.26 bits per heavy atom. The topological polar surface area (TPSA) is 43.2 Å². The summed E-state index contributed by atoms with van der Waals surface area (Å²) in [7, 11) is 2.21. The number of fused-ring (bicyclic) bond motifs is 1. The van der Waals surface area contributed by atoms with Gasteiger partial charge in [-0.25, -0.2) is 9.97 Å². The molecule has 2 aliphatic heterocycles. The molecule has 0 radical (unpaired) electrons. The third-order valence-corrected chi connectivity index (χ3v) is 5.18. The van der Waals surface area contributed by atoms with Gasteiger partial charge < -0.3 is 14.2 Å². The molecule has 0 spiro atoms. The number of hydrogen-bond acceptors (Lipinski definition) is 4. The van der Waals surface area contributed by atoms with Gasteiger partial charge in [0.15, 0.2) is 5.65 Å². The first-order chi connectivity index (χ1) is 11.3. The first kappa shape index (κ1) is 15.1. The van der Waals surface area contributed by atoms with E-state index in [0.717, 1.165) is 37.3 Å². The Morgan fingerprint density at radius 2 is 2.22 bits per heavy atom. The van der Waals surface area contributed by atoms with Crippen molar-refractivity contribution in [1.29, 1.82) is 0 Å². The van der Waals surface area contributed by atoms with Crippen molar-refractivity contribution < 1.29 is 4.74 Å². The number of hydrogen-bond donors (Lipinski definition) is 0. The van der Waals surface area contributed by atoms with E-state index in [2.05, 4.69) is 27.6 Å². The maximum absolute atomic E-state index is 5.98. The van der Waals surface area contributed by atoms with Crippen molar-refractivity contribution in [3.63, 3.8) is 0 Å². The largest absolute Gasteiger partial charge is 0.376 e. The zero-order valence-electron chi connectivity index (χ0n) is 13.9. The molecule has 4 heterocycles. The van der Waals surface area contributed by atoms with Crippen LogP contribution in [-0.4, -0.2) is 52.3 Å². The van der Waals surface area contributed by atoms with E-state index in [4.69, 9.17) is 9.72 Å². The van der Waals surface area contributed by atoms with Gasteiger partial charge >= 0.3 is 0 Å². The lowest BCUT2D eigenvalue weighted by Gasteiger charge is -2.30. The Hall–Kier alpha value is -1.46. The zero-order valence-corrected chi connectivity index (χ0v) is 13.9. The average molecular weight is 314 g/mol. The summed E-state index contributed by atoms with van der Waals surface area (Å²) in [4.78, 5) is 12.0. The minimum absolute atomic E-state index is 0.309. The standard InChI is InChI=1S/C18H26N4O/c1-21-10-5-6-14(12-21)17-20-16-8-4-9-19-18(16)22(17)13-15-7-2-3-11-23-15/h4,8-9,14-15H,2-3,5-7,10-13H2,1H3. The minimum atomic E-state index is 0.309. The lowest BCUT2D eigenvalue weighted by molar-refractivity contribution is 0.00578. The number of pyridine rings is 1. The summed E-state index contributed by atoms with van der Waals surface area (Å²) in [6, 6.07) is 4.06. The molecule has 2 aromatic rings. The fourth-order valence-corrected chi connectivity index (χ4v) is 4.00. The normalized spacial score (nSPS) is 26.7. The molecule has 2 fully saturated rings. The molecule has 5 heteroatoms. The molecule has 0 aromatic carbocycles. The Labute approximate surface area is 137 Å². The van der Waals surface area contributed by atoms with Crippen LogP contribution in [0.2, 0.25) is 0 Å². The van der Waals surface area contributed by atoms with Gasteiger partial charge in [-0.05, 0) is 57.8 Å². The number of likely N-dealkylation sites (tertiary alicyclic amines) is 1. The van der Waals surface area contributed by atoms with Gasteiger partial charge in [0.2, 0.25) is 0 Å². The van der Waals surface area contributed by atoms with Crippen LogP contribution in [0.25, 0.3) is 11.2 Å². The molecule has 0 aliphatic carbocycles. The monoisotopic (exact) mass is 314 g/mol. The number of imidazole rings is 1. The second-order valence-corrected chi connectivity index (χ2v) is 7.02. The van der Waals surface area contributed by atoms with Crippen LogP contribution in [0.3, 0.4) is 0 Å². The highest BCUT2D eigenvalue weighted by atomic mass is 16.5. The van der Waals surface area contributed by atoms with Gasteiger partial charge in [-0.1, -0.05) is 0 Å². The van der Waals surface area contributed by atoms with Gasteiger partial charge in [-0.2, -0.15) is 0 Å². The predicted molar refractivity (Wildman–Crippen MR) is 90.6 cm³/mol. The van der Waals surface area contributed by atoms with Crippen molar-refractivity contribution in [2.75, 3.05) is 26.7 Å². The summed E-state index contributed by atoms with van der Waals surface area (Å²) in [6.07, 6.45) is 8.27. The highest BCUT2D eigenvalue weighted by Crippen LogP contribution is 2.29. The second kappa shape index (κ2) is 6.57. The predicted octanol–water partition coefficient (Wildman–Crippen LogP) is 2.81. The van der Waals surface area contributed by atoms with Crippen molar-refractivity contribution >= 4 is 11.2 Å². The van der Waals surface area contributed by atoms with Crippen molar-refractivity contribution in [3.8, 4) is 0 Å². The van der Waals surface area contributed by atoms with Crippen LogP contribution in [0.1, 0.15) is 43.8 Å². The van der Waals surface area contributed by atoms with Gasteiger partial charge in [0.25, 0.3) is 0 Å². The molecule has 2 saturated heterocycles. The molecule has 0 amide bonds. The molecule has 2 unspecified atom stereocenters. The smallest absolute Gasteiger partial charge is 0.160 e. The van der Waals surface area contributed by atoms with Crippen molar-refractivity contribution in [2.24, 2.45) is 0 Å². The minimum Gasteiger partial charge on any atom is -0.376 e. The third-order valence-electron chi connectivity index (χ3n) is 5.18. The van der Waals surface area contributed by atoms with Gasteiger partial charge in [0.1, 0.15) is 11.3 Å². The molecule has 0 bridgehead atoms. The van der Waals surface area contributed by atoms with E-state index in [1.807, 2.05) is 12.3 Å². The Kier molecular flexibility index (Phi) is 4.31. The summed E-state index contributed by atoms with van der Waals surface area (Å²) in [5.41, 5.74) is 2.04. The lowest BCUT2D eigenvalue weighted by Crippen LogP contribution is -2.33. The molecule has 4 rings (SSSR count). The van der Waals surface area contributed by atoms with Crippen molar-refractivity contribution in [1.82, 2.24) is 19.4 Å². The summed E-state index contributed by atoms with van der Waals surface area (Å²) in [6.45, 7) is 4.07. The van der Waals surface area contributed by atoms with Crippen LogP contribution in [0.5, 0.6) is 0 Å². The number of rotatable bonds is 3. The van der Waals surface area contributed by atoms with Crippen molar-refractivity contribution in [2.45, 2.75) is 50.7 Å². The number of piperidine rings is 1. The van der Waals surface area contributed by atoms with Crippen LogP contribution >= 0.6 is 0 Å². The SMILES string of the molecule is CN1CCCC(c2nc3cccnc3n2CC2CCCCO2)C1. The third kappa shape index (κ3) is 3.12. The van der Waals surface area contributed by atoms with Crippen LogP contribution in [-0.2, 0) is 11.3 Å². The highest BCUT2D eigenvalue weighted by Gasteiger charge is 2.26. The zero-order chi connectivity index (χ0) is 15.6.